The molecule has 0 aliphatic heterocycles. The molecule has 0 heterocycles. The summed E-state index contributed by atoms with van der Waals surface area (Å²) in [7, 11) is 0. The Bertz CT molecular complexity index is 234. The predicted molar refractivity (Wildman–Crippen MR) is 60.9 cm³/mol. The molecule has 0 aliphatic carbocycles. The van der Waals surface area contributed by atoms with Crippen molar-refractivity contribution in [3.8, 4) is 12.3 Å². The van der Waals surface area contributed by atoms with E-state index in [-0.39, 0.29) is 19.0 Å². The number of carbonyl (C=O) groups excluding carboxylic acids is 1. The van der Waals surface area contributed by atoms with Gasteiger partial charge in [0.2, 0.25) is 0 Å². The zero-order valence-electron chi connectivity index (χ0n) is 10.2. The van der Waals surface area contributed by atoms with Crippen LogP contribution >= 0.6 is 0 Å². The average Bonchev–Trinajstić information content (AvgIpc) is 2.13. The van der Waals surface area contributed by atoms with Crippen LogP contribution in [0.25, 0.3) is 0 Å². The fourth-order valence-corrected chi connectivity index (χ4v) is 0.899. The fourth-order valence-electron chi connectivity index (χ4n) is 0.899. The van der Waals surface area contributed by atoms with Gasteiger partial charge in [0.1, 0.15) is 12.2 Å². The molecule has 0 rings (SSSR count). The molecule has 92 valence electrons. The maximum atomic E-state index is 11.2. The minimum atomic E-state index is -0.438. The van der Waals surface area contributed by atoms with E-state index in [0.717, 1.165) is 0 Å². The molecular weight excluding hydrogens is 208 g/mol. The van der Waals surface area contributed by atoms with Gasteiger partial charge in [-0.1, -0.05) is 5.92 Å². The quantitative estimate of drug-likeness (QED) is 0.375. The van der Waals surface area contributed by atoms with Gasteiger partial charge in [-0.15, -0.1) is 6.42 Å². The van der Waals surface area contributed by atoms with Crippen LogP contribution in [0.3, 0.4) is 0 Å². The lowest BCUT2D eigenvalue weighted by molar-refractivity contribution is -0.156. The molecule has 0 aromatic carbocycles. The number of terminal acetylenes is 1. The van der Waals surface area contributed by atoms with Crippen LogP contribution in [0.5, 0.6) is 0 Å². The molecule has 0 N–H and O–H groups in total. The Morgan fingerprint density at radius 1 is 1.19 bits per heavy atom. The summed E-state index contributed by atoms with van der Waals surface area (Å²) in [5, 5.41) is 0. The van der Waals surface area contributed by atoms with Crippen LogP contribution in [-0.4, -0.2) is 38.0 Å². The van der Waals surface area contributed by atoms with Gasteiger partial charge >= 0.3 is 5.97 Å². The van der Waals surface area contributed by atoms with Crippen LogP contribution in [-0.2, 0) is 19.0 Å². The van der Waals surface area contributed by atoms with Crippen LogP contribution in [0.2, 0.25) is 0 Å². The van der Waals surface area contributed by atoms with Gasteiger partial charge in [0.05, 0.1) is 26.2 Å². The minimum absolute atomic E-state index is 0.253. The van der Waals surface area contributed by atoms with Crippen molar-refractivity contribution in [1.82, 2.24) is 0 Å². The normalized spacial score (nSPS) is 10.9. The van der Waals surface area contributed by atoms with E-state index in [0.29, 0.717) is 19.8 Å². The van der Waals surface area contributed by atoms with Gasteiger partial charge in [-0.3, -0.25) is 4.79 Å². The number of carbonyl (C=O) groups is 1. The summed E-state index contributed by atoms with van der Waals surface area (Å²) in [6.07, 6.45) is 5.25. The maximum Gasteiger partial charge on any atom is 0.308 e. The highest BCUT2D eigenvalue weighted by Gasteiger charge is 2.15. The topological polar surface area (TPSA) is 44.8 Å². The van der Waals surface area contributed by atoms with Crippen LogP contribution in [0.4, 0.5) is 0 Å². The lowest BCUT2D eigenvalue weighted by atomic mass is 10.2. The summed E-state index contributed by atoms with van der Waals surface area (Å²) in [4.78, 5) is 11.2. The molecule has 4 nitrogen and oxygen atoms in total. The Balaban J connectivity index is 3.32. The summed E-state index contributed by atoms with van der Waals surface area (Å²) >= 11 is 0. The van der Waals surface area contributed by atoms with Crippen molar-refractivity contribution in [2.45, 2.75) is 32.8 Å². The predicted octanol–water partition coefficient (Wildman–Crippen LogP) is 1.38. The first-order chi connectivity index (χ1) is 7.45. The molecular formula is C12H20O4. The van der Waals surface area contributed by atoms with E-state index in [9.17, 15) is 4.79 Å². The van der Waals surface area contributed by atoms with E-state index >= 15 is 0 Å². The fraction of sp³-hybridized carbons (Fsp3) is 0.750. The second-order valence-corrected chi connectivity index (χ2v) is 4.21. The standard InChI is InChI=1S/C12H20O4/c1-5-7-14-9-10-15-8-6-11(13)16-12(2,3)4/h1H,6-10H2,2-4H3. The zero-order chi connectivity index (χ0) is 12.4. The third kappa shape index (κ3) is 11.0. The first-order valence-corrected chi connectivity index (χ1v) is 5.26. The molecule has 0 saturated heterocycles. The highest BCUT2D eigenvalue weighted by atomic mass is 16.6. The van der Waals surface area contributed by atoms with Gasteiger partial charge in [0, 0.05) is 0 Å². The lowest BCUT2D eigenvalue weighted by Gasteiger charge is -2.19. The van der Waals surface area contributed by atoms with Crippen LogP contribution in [0.15, 0.2) is 0 Å². The number of rotatable bonds is 7. The molecule has 16 heavy (non-hydrogen) atoms. The Labute approximate surface area is 97.3 Å². The molecule has 0 aromatic rings. The van der Waals surface area contributed by atoms with Gasteiger partial charge in [-0.2, -0.15) is 0 Å². The monoisotopic (exact) mass is 228 g/mol. The molecule has 0 fully saturated rings. The molecule has 0 spiro atoms. The zero-order valence-corrected chi connectivity index (χ0v) is 10.2. The summed E-state index contributed by atoms with van der Waals surface area (Å²) in [6, 6.07) is 0. The van der Waals surface area contributed by atoms with Gasteiger partial charge < -0.3 is 14.2 Å². The molecule has 0 aliphatic rings. The summed E-state index contributed by atoms with van der Waals surface area (Å²) < 4.78 is 15.3. The SMILES string of the molecule is C#CCOCCOCCC(=O)OC(C)(C)C. The summed E-state index contributed by atoms with van der Waals surface area (Å²) in [6.45, 7) is 7.00. The number of hydrogen-bond donors (Lipinski definition) is 0. The lowest BCUT2D eigenvalue weighted by Crippen LogP contribution is -2.24. The number of ether oxygens (including phenoxy) is 3. The van der Waals surface area contributed by atoms with Crippen molar-refractivity contribution < 1.29 is 19.0 Å². The summed E-state index contributed by atoms with van der Waals surface area (Å²) in [5.41, 5.74) is -0.438. The van der Waals surface area contributed by atoms with E-state index in [1.54, 1.807) is 0 Å². The second-order valence-electron chi connectivity index (χ2n) is 4.21. The summed E-state index contributed by atoms with van der Waals surface area (Å²) in [5.74, 6) is 2.10. The molecule has 0 unspecified atom stereocenters. The third-order valence-electron chi connectivity index (χ3n) is 1.43. The molecule has 0 amide bonds. The van der Waals surface area contributed by atoms with E-state index in [4.69, 9.17) is 20.6 Å². The highest BCUT2D eigenvalue weighted by molar-refractivity contribution is 5.69. The Hall–Kier alpha value is -1.05. The number of esters is 1. The minimum Gasteiger partial charge on any atom is -0.460 e. The van der Waals surface area contributed by atoms with Crippen molar-refractivity contribution in [2.75, 3.05) is 26.4 Å². The maximum absolute atomic E-state index is 11.2. The van der Waals surface area contributed by atoms with E-state index in [1.165, 1.54) is 0 Å². The molecule has 0 saturated carbocycles. The second kappa shape index (κ2) is 8.14. The van der Waals surface area contributed by atoms with E-state index in [1.807, 2.05) is 20.8 Å². The van der Waals surface area contributed by atoms with Crippen molar-refractivity contribution >= 4 is 5.97 Å². The van der Waals surface area contributed by atoms with Crippen molar-refractivity contribution in [1.29, 1.82) is 0 Å². The van der Waals surface area contributed by atoms with Crippen molar-refractivity contribution in [3.63, 3.8) is 0 Å². The Morgan fingerprint density at radius 3 is 2.38 bits per heavy atom. The van der Waals surface area contributed by atoms with E-state index in [2.05, 4.69) is 5.92 Å². The molecule has 0 aromatic heterocycles. The molecule has 0 radical (unpaired) electrons. The van der Waals surface area contributed by atoms with Gasteiger partial charge in [0.25, 0.3) is 0 Å². The van der Waals surface area contributed by atoms with E-state index < -0.39 is 5.60 Å². The van der Waals surface area contributed by atoms with Crippen LogP contribution in [0, 0.1) is 12.3 Å². The smallest absolute Gasteiger partial charge is 0.308 e. The first kappa shape index (κ1) is 14.9. The van der Waals surface area contributed by atoms with Gasteiger partial charge in [-0.25, -0.2) is 0 Å². The molecule has 0 atom stereocenters. The third-order valence-corrected chi connectivity index (χ3v) is 1.43. The molecule has 4 heteroatoms. The Morgan fingerprint density at radius 2 is 1.81 bits per heavy atom. The average molecular weight is 228 g/mol. The van der Waals surface area contributed by atoms with Crippen LogP contribution in [0.1, 0.15) is 27.2 Å². The van der Waals surface area contributed by atoms with Crippen molar-refractivity contribution in [3.05, 3.63) is 0 Å². The van der Waals surface area contributed by atoms with Crippen molar-refractivity contribution in [2.24, 2.45) is 0 Å². The highest BCUT2D eigenvalue weighted by Crippen LogP contribution is 2.07. The van der Waals surface area contributed by atoms with Gasteiger partial charge in [0.15, 0.2) is 0 Å². The molecule has 0 bridgehead atoms. The van der Waals surface area contributed by atoms with Gasteiger partial charge in [-0.05, 0) is 20.8 Å². The Kier molecular flexibility index (Phi) is 7.61. The largest absolute Gasteiger partial charge is 0.460 e. The first-order valence-electron chi connectivity index (χ1n) is 5.26. The van der Waals surface area contributed by atoms with Crippen LogP contribution < -0.4 is 0 Å². The number of hydrogen-bond acceptors (Lipinski definition) is 4.